The predicted octanol–water partition coefficient (Wildman–Crippen LogP) is 1.70. The Morgan fingerprint density at radius 1 is 1.15 bits per heavy atom. The summed E-state index contributed by atoms with van der Waals surface area (Å²) < 4.78 is 10.3. The van der Waals surface area contributed by atoms with E-state index in [4.69, 9.17) is 9.15 Å². The van der Waals surface area contributed by atoms with Gasteiger partial charge < -0.3 is 19.0 Å². The lowest BCUT2D eigenvalue weighted by Gasteiger charge is -2.34. The van der Waals surface area contributed by atoms with Crippen molar-refractivity contribution in [3.8, 4) is 5.75 Å². The number of benzene rings is 1. The monoisotopic (exact) mass is 371 g/mol. The largest absolute Gasteiger partial charge is 0.496 e. The van der Waals surface area contributed by atoms with Crippen LogP contribution in [0, 0.1) is 0 Å². The van der Waals surface area contributed by atoms with Crippen LogP contribution in [0.1, 0.15) is 15.9 Å². The van der Waals surface area contributed by atoms with Gasteiger partial charge in [-0.1, -0.05) is 18.2 Å². The number of likely N-dealkylation sites (N-methyl/N-ethyl adjacent to an activating group) is 1. The van der Waals surface area contributed by atoms with Crippen molar-refractivity contribution < 1.29 is 18.7 Å². The first-order chi connectivity index (χ1) is 13.1. The van der Waals surface area contributed by atoms with Gasteiger partial charge in [-0.3, -0.25) is 14.5 Å². The van der Waals surface area contributed by atoms with E-state index in [1.54, 1.807) is 30.0 Å². The maximum Gasteiger partial charge on any atom is 0.257 e. The third-order valence-corrected chi connectivity index (χ3v) is 4.81. The smallest absolute Gasteiger partial charge is 0.257 e. The molecule has 7 nitrogen and oxygen atoms in total. The lowest BCUT2D eigenvalue weighted by atomic mass is 10.2. The van der Waals surface area contributed by atoms with Gasteiger partial charge in [0.15, 0.2) is 0 Å². The molecule has 144 valence electrons. The molecule has 27 heavy (non-hydrogen) atoms. The average Bonchev–Trinajstić information content (AvgIpc) is 3.23. The number of rotatable bonds is 6. The van der Waals surface area contributed by atoms with E-state index in [2.05, 4.69) is 4.90 Å². The Balaban J connectivity index is 1.48. The number of amides is 2. The van der Waals surface area contributed by atoms with E-state index in [0.29, 0.717) is 44.8 Å². The van der Waals surface area contributed by atoms with E-state index in [9.17, 15) is 9.59 Å². The Hall–Kier alpha value is -2.80. The second-order valence-corrected chi connectivity index (χ2v) is 6.64. The highest BCUT2D eigenvalue weighted by atomic mass is 16.5. The van der Waals surface area contributed by atoms with E-state index >= 15 is 0 Å². The molecule has 0 atom stereocenters. The summed E-state index contributed by atoms with van der Waals surface area (Å²) in [7, 11) is 3.43. The van der Waals surface area contributed by atoms with Gasteiger partial charge in [0.25, 0.3) is 5.91 Å². The molecule has 3 rings (SSSR count). The normalized spacial score (nSPS) is 14.8. The summed E-state index contributed by atoms with van der Waals surface area (Å²) in [6.45, 7) is 3.41. The number of ether oxygens (including phenoxy) is 1. The molecule has 0 unspecified atom stereocenters. The summed E-state index contributed by atoms with van der Waals surface area (Å²) in [5.41, 5.74) is 1.54. The molecule has 0 saturated carbocycles. The molecule has 0 spiro atoms. The summed E-state index contributed by atoms with van der Waals surface area (Å²) in [6.07, 6.45) is 2.96. The minimum Gasteiger partial charge on any atom is -0.496 e. The molecular weight excluding hydrogens is 346 g/mol. The zero-order chi connectivity index (χ0) is 19.2. The molecule has 0 N–H and O–H groups in total. The van der Waals surface area contributed by atoms with Crippen LogP contribution < -0.4 is 4.74 Å². The molecule has 1 fully saturated rings. The van der Waals surface area contributed by atoms with E-state index in [-0.39, 0.29) is 11.8 Å². The highest BCUT2D eigenvalue weighted by Crippen LogP contribution is 2.19. The third kappa shape index (κ3) is 4.68. The molecule has 7 heteroatoms. The van der Waals surface area contributed by atoms with E-state index in [1.807, 2.05) is 24.3 Å². The van der Waals surface area contributed by atoms with Gasteiger partial charge >= 0.3 is 0 Å². The lowest BCUT2D eigenvalue weighted by molar-refractivity contribution is -0.132. The first-order valence-electron chi connectivity index (χ1n) is 8.98. The lowest BCUT2D eigenvalue weighted by Crippen LogP contribution is -2.51. The van der Waals surface area contributed by atoms with Crippen molar-refractivity contribution in [3.05, 3.63) is 54.0 Å². The number of hydrogen-bond donors (Lipinski definition) is 0. The zero-order valence-electron chi connectivity index (χ0n) is 15.8. The fourth-order valence-electron chi connectivity index (χ4n) is 3.17. The van der Waals surface area contributed by atoms with Crippen LogP contribution in [0.15, 0.2) is 47.3 Å². The molecule has 0 radical (unpaired) electrons. The van der Waals surface area contributed by atoms with Crippen molar-refractivity contribution in [2.24, 2.45) is 0 Å². The zero-order valence-corrected chi connectivity index (χ0v) is 15.8. The highest BCUT2D eigenvalue weighted by Gasteiger charge is 2.24. The van der Waals surface area contributed by atoms with Gasteiger partial charge in [0.05, 0.1) is 25.5 Å². The van der Waals surface area contributed by atoms with Crippen molar-refractivity contribution in [2.75, 3.05) is 46.9 Å². The van der Waals surface area contributed by atoms with Gasteiger partial charge in [-0.15, -0.1) is 0 Å². The van der Waals surface area contributed by atoms with E-state index in [1.165, 1.54) is 12.5 Å². The number of carbonyl (C=O) groups excluding carboxylic acids is 2. The molecule has 1 aliphatic rings. The van der Waals surface area contributed by atoms with Crippen LogP contribution in [-0.2, 0) is 11.3 Å². The fourth-order valence-corrected chi connectivity index (χ4v) is 3.17. The van der Waals surface area contributed by atoms with E-state index in [0.717, 1.165) is 11.3 Å². The number of methoxy groups -OCH3 is 1. The maximum absolute atomic E-state index is 12.6. The van der Waals surface area contributed by atoms with Crippen molar-refractivity contribution in [1.82, 2.24) is 14.7 Å². The maximum atomic E-state index is 12.6. The molecule has 0 aliphatic carbocycles. The Morgan fingerprint density at radius 3 is 2.56 bits per heavy atom. The standard InChI is InChI=1S/C20H25N3O4/c1-21(13-16-5-3-4-6-18(16)26-2)19(24)14-22-8-10-23(11-9-22)20(25)17-7-12-27-15-17/h3-7,12,15H,8-11,13-14H2,1-2H3. The van der Waals surface area contributed by atoms with Gasteiger partial charge in [-0.25, -0.2) is 0 Å². The minimum absolute atomic E-state index is 0.0250. The van der Waals surface area contributed by atoms with Crippen LogP contribution in [-0.4, -0.2) is 73.4 Å². The van der Waals surface area contributed by atoms with Crippen LogP contribution in [0.3, 0.4) is 0 Å². The van der Waals surface area contributed by atoms with Crippen LogP contribution in [0.2, 0.25) is 0 Å². The molecule has 2 aromatic rings. The number of hydrogen-bond acceptors (Lipinski definition) is 5. The number of para-hydroxylation sites is 1. The van der Waals surface area contributed by atoms with E-state index < -0.39 is 0 Å². The summed E-state index contributed by atoms with van der Waals surface area (Å²) in [5, 5.41) is 0. The first-order valence-corrected chi connectivity index (χ1v) is 8.98. The number of carbonyl (C=O) groups is 2. The Morgan fingerprint density at radius 2 is 1.89 bits per heavy atom. The quantitative estimate of drug-likeness (QED) is 0.773. The van der Waals surface area contributed by atoms with Crippen molar-refractivity contribution in [1.29, 1.82) is 0 Å². The second-order valence-electron chi connectivity index (χ2n) is 6.64. The van der Waals surface area contributed by atoms with Gasteiger partial charge in [0.1, 0.15) is 12.0 Å². The Bertz CT molecular complexity index is 767. The first kappa shape index (κ1) is 19.0. The highest BCUT2D eigenvalue weighted by molar-refractivity contribution is 5.93. The van der Waals surface area contributed by atoms with Crippen LogP contribution in [0.4, 0.5) is 0 Å². The van der Waals surface area contributed by atoms with Crippen LogP contribution in [0.5, 0.6) is 5.75 Å². The minimum atomic E-state index is -0.0250. The molecule has 1 saturated heterocycles. The summed E-state index contributed by atoms with van der Waals surface area (Å²) in [6, 6.07) is 9.37. The molecule has 1 aliphatic heterocycles. The van der Waals surface area contributed by atoms with Gasteiger partial charge in [0.2, 0.25) is 5.91 Å². The molecule has 1 aromatic carbocycles. The Labute approximate surface area is 159 Å². The fraction of sp³-hybridized carbons (Fsp3) is 0.400. The number of furan rings is 1. The third-order valence-electron chi connectivity index (χ3n) is 4.81. The Kier molecular flexibility index (Phi) is 6.13. The molecule has 0 bridgehead atoms. The van der Waals surface area contributed by atoms with Crippen LogP contribution >= 0.6 is 0 Å². The van der Waals surface area contributed by atoms with Gasteiger partial charge in [-0.2, -0.15) is 0 Å². The number of piperazine rings is 1. The van der Waals surface area contributed by atoms with Gasteiger partial charge in [-0.05, 0) is 12.1 Å². The molecular formula is C20H25N3O4. The summed E-state index contributed by atoms with van der Waals surface area (Å²) >= 11 is 0. The second kappa shape index (κ2) is 8.73. The van der Waals surface area contributed by atoms with Crippen LogP contribution in [0.25, 0.3) is 0 Å². The summed E-state index contributed by atoms with van der Waals surface area (Å²) in [5.74, 6) is 0.807. The number of nitrogens with zero attached hydrogens (tertiary/aromatic N) is 3. The van der Waals surface area contributed by atoms with Crippen molar-refractivity contribution >= 4 is 11.8 Å². The molecule has 1 aromatic heterocycles. The van der Waals surface area contributed by atoms with Gasteiger partial charge in [0, 0.05) is 45.3 Å². The SMILES string of the molecule is COc1ccccc1CN(C)C(=O)CN1CCN(C(=O)c2ccoc2)CC1. The molecule has 2 heterocycles. The predicted molar refractivity (Wildman–Crippen MR) is 101 cm³/mol. The van der Waals surface area contributed by atoms with Crippen molar-refractivity contribution in [2.45, 2.75) is 6.54 Å². The molecule has 2 amide bonds. The summed E-state index contributed by atoms with van der Waals surface area (Å²) in [4.78, 5) is 30.5. The van der Waals surface area contributed by atoms with Crippen molar-refractivity contribution in [3.63, 3.8) is 0 Å². The average molecular weight is 371 g/mol. The topological polar surface area (TPSA) is 66.2 Å².